The maximum Gasteiger partial charge on any atom is 0.165 e. The van der Waals surface area contributed by atoms with Crippen LogP contribution >= 0.6 is 0 Å². The molecule has 0 spiro atoms. The van der Waals surface area contributed by atoms with Crippen LogP contribution in [0.3, 0.4) is 0 Å². The zero-order valence-corrected chi connectivity index (χ0v) is 9.79. The standard InChI is InChI=1S/C12H18FNO2/c1-7-4-8(10(16)9(13)5-7)11(14)12(2,3)6-15/h4-5,11,15-16H,6,14H2,1-3H3/t11-/m0/s1. The van der Waals surface area contributed by atoms with Crippen molar-refractivity contribution in [3.05, 3.63) is 29.1 Å². The Balaban J connectivity index is 3.23. The van der Waals surface area contributed by atoms with Crippen molar-refractivity contribution in [2.75, 3.05) is 6.61 Å². The highest BCUT2D eigenvalue weighted by Crippen LogP contribution is 2.36. The molecule has 0 aliphatic rings. The minimum absolute atomic E-state index is 0.136. The number of aliphatic hydroxyl groups is 1. The first-order valence-corrected chi connectivity index (χ1v) is 5.15. The van der Waals surface area contributed by atoms with Gasteiger partial charge in [0, 0.05) is 23.6 Å². The molecule has 0 radical (unpaired) electrons. The third-order valence-corrected chi connectivity index (χ3v) is 2.82. The summed E-state index contributed by atoms with van der Waals surface area (Å²) < 4.78 is 13.3. The van der Waals surface area contributed by atoms with Crippen molar-refractivity contribution >= 4 is 0 Å². The van der Waals surface area contributed by atoms with Crippen molar-refractivity contribution in [1.82, 2.24) is 0 Å². The zero-order valence-electron chi connectivity index (χ0n) is 9.79. The summed E-state index contributed by atoms with van der Waals surface area (Å²) in [5.41, 5.74) is 6.34. The van der Waals surface area contributed by atoms with Gasteiger partial charge in [-0.15, -0.1) is 0 Å². The molecule has 16 heavy (non-hydrogen) atoms. The van der Waals surface area contributed by atoms with Crippen LogP contribution in [0.2, 0.25) is 0 Å². The number of phenolic OH excluding ortho intramolecular Hbond substituents is 1. The molecule has 1 rings (SSSR count). The van der Waals surface area contributed by atoms with Gasteiger partial charge in [0.25, 0.3) is 0 Å². The van der Waals surface area contributed by atoms with Gasteiger partial charge >= 0.3 is 0 Å². The van der Waals surface area contributed by atoms with E-state index >= 15 is 0 Å². The van der Waals surface area contributed by atoms with Crippen molar-refractivity contribution in [3.63, 3.8) is 0 Å². The number of aliphatic hydroxyl groups excluding tert-OH is 1. The van der Waals surface area contributed by atoms with E-state index in [4.69, 9.17) is 5.73 Å². The molecule has 0 bridgehead atoms. The number of hydrogen-bond acceptors (Lipinski definition) is 3. The highest BCUT2D eigenvalue weighted by molar-refractivity contribution is 5.40. The van der Waals surface area contributed by atoms with Gasteiger partial charge in [0.1, 0.15) is 0 Å². The number of rotatable bonds is 3. The maximum absolute atomic E-state index is 13.3. The molecule has 0 aromatic heterocycles. The molecule has 1 atom stereocenters. The van der Waals surface area contributed by atoms with E-state index in [1.165, 1.54) is 6.07 Å². The van der Waals surface area contributed by atoms with Crippen molar-refractivity contribution in [2.24, 2.45) is 11.1 Å². The number of halogens is 1. The Bertz CT molecular complexity index is 391. The number of aryl methyl sites for hydroxylation is 1. The highest BCUT2D eigenvalue weighted by atomic mass is 19.1. The number of nitrogens with two attached hydrogens (primary N) is 1. The molecule has 0 amide bonds. The third kappa shape index (κ3) is 2.33. The summed E-state index contributed by atoms with van der Waals surface area (Å²) in [5, 5.41) is 18.8. The Morgan fingerprint density at radius 2 is 2.00 bits per heavy atom. The third-order valence-electron chi connectivity index (χ3n) is 2.82. The van der Waals surface area contributed by atoms with E-state index in [2.05, 4.69) is 0 Å². The quantitative estimate of drug-likeness (QED) is 0.738. The van der Waals surface area contributed by atoms with Crippen LogP contribution in [0.25, 0.3) is 0 Å². The summed E-state index contributed by atoms with van der Waals surface area (Å²) in [6.07, 6.45) is 0. The van der Waals surface area contributed by atoms with Gasteiger partial charge in [-0.25, -0.2) is 4.39 Å². The van der Waals surface area contributed by atoms with Gasteiger partial charge in [-0.05, 0) is 18.6 Å². The summed E-state index contributed by atoms with van der Waals surface area (Å²) in [5.74, 6) is -1.11. The van der Waals surface area contributed by atoms with Crippen molar-refractivity contribution in [3.8, 4) is 5.75 Å². The topological polar surface area (TPSA) is 66.5 Å². The van der Waals surface area contributed by atoms with Crippen molar-refractivity contribution in [1.29, 1.82) is 0 Å². The lowest BCUT2D eigenvalue weighted by Crippen LogP contribution is -2.32. The first-order valence-electron chi connectivity index (χ1n) is 5.15. The average Bonchev–Trinajstić information content (AvgIpc) is 2.22. The molecule has 0 heterocycles. The Hall–Kier alpha value is -1.13. The molecular weight excluding hydrogens is 209 g/mol. The van der Waals surface area contributed by atoms with Crippen molar-refractivity contribution < 1.29 is 14.6 Å². The fraction of sp³-hybridized carbons (Fsp3) is 0.500. The van der Waals surface area contributed by atoms with Crippen LogP contribution in [0.15, 0.2) is 12.1 Å². The molecule has 4 N–H and O–H groups in total. The van der Waals surface area contributed by atoms with Crippen LogP contribution in [-0.4, -0.2) is 16.8 Å². The molecule has 4 heteroatoms. The lowest BCUT2D eigenvalue weighted by molar-refractivity contribution is 0.131. The number of phenols is 1. The monoisotopic (exact) mass is 227 g/mol. The van der Waals surface area contributed by atoms with E-state index < -0.39 is 23.0 Å². The van der Waals surface area contributed by atoms with Gasteiger partial charge in [-0.3, -0.25) is 0 Å². The van der Waals surface area contributed by atoms with Gasteiger partial charge in [-0.2, -0.15) is 0 Å². The number of benzene rings is 1. The SMILES string of the molecule is Cc1cc(F)c(O)c([C@H](N)C(C)(C)CO)c1. The first-order chi connectivity index (χ1) is 7.29. The molecule has 1 aromatic rings. The van der Waals surface area contributed by atoms with Gasteiger partial charge in [0.2, 0.25) is 0 Å². The molecule has 90 valence electrons. The highest BCUT2D eigenvalue weighted by Gasteiger charge is 2.29. The first kappa shape index (κ1) is 12.9. The summed E-state index contributed by atoms with van der Waals surface area (Å²) >= 11 is 0. The van der Waals surface area contributed by atoms with Gasteiger partial charge in [0.15, 0.2) is 11.6 Å². The van der Waals surface area contributed by atoms with Crippen molar-refractivity contribution in [2.45, 2.75) is 26.8 Å². The molecule has 3 nitrogen and oxygen atoms in total. The van der Waals surface area contributed by atoms with E-state index in [9.17, 15) is 14.6 Å². The van der Waals surface area contributed by atoms with Gasteiger partial charge in [0.05, 0.1) is 0 Å². The van der Waals surface area contributed by atoms with Gasteiger partial charge in [-0.1, -0.05) is 19.9 Å². The minimum Gasteiger partial charge on any atom is -0.505 e. The summed E-state index contributed by atoms with van der Waals surface area (Å²) in [7, 11) is 0. The predicted molar refractivity (Wildman–Crippen MR) is 60.6 cm³/mol. The molecule has 0 fully saturated rings. The fourth-order valence-electron chi connectivity index (χ4n) is 1.52. The lowest BCUT2D eigenvalue weighted by Gasteiger charge is -2.30. The number of hydrogen-bond donors (Lipinski definition) is 3. The zero-order chi connectivity index (χ0) is 12.5. The van der Waals surface area contributed by atoms with Crippen LogP contribution in [-0.2, 0) is 0 Å². The average molecular weight is 227 g/mol. The summed E-state index contributed by atoms with van der Waals surface area (Å²) in [6.45, 7) is 5.11. The predicted octanol–water partition coefficient (Wildman–Crippen LogP) is 1.86. The van der Waals surface area contributed by atoms with Crippen LogP contribution in [0.4, 0.5) is 4.39 Å². The second kappa shape index (κ2) is 4.39. The van der Waals surface area contributed by atoms with Crippen LogP contribution in [0, 0.1) is 18.2 Å². The molecular formula is C12H18FNO2. The molecule has 0 aliphatic heterocycles. The molecule has 0 aliphatic carbocycles. The maximum atomic E-state index is 13.3. The Morgan fingerprint density at radius 1 is 1.44 bits per heavy atom. The fourth-order valence-corrected chi connectivity index (χ4v) is 1.52. The van der Waals surface area contributed by atoms with Gasteiger partial charge < -0.3 is 15.9 Å². The van der Waals surface area contributed by atoms with E-state index in [0.29, 0.717) is 11.1 Å². The lowest BCUT2D eigenvalue weighted by atomic mass is 9.81. The van der Waals surface area contributed by atoms with E-state index in [-0.39, 0.29) is 6.61 Å². The molecule has 1 aromatic carbocycles. The van der Waals surface area contributed by atoms with Crippen LogP contribution < -0.4 is 5.73 Å². The Kier molecular flexibility index (Phi) is 3.55. The normalized spacial score (nSPS) is 13.9. The summed E-state index contributed by atoms with van der Waals surface area (Å²) in [4.78, 5) is 0. The van der Waals surface area contributed by atoms with E-state index in [1.807, 2.05) is 0 Å². The largest absolute Gasteiger partial charge is 0.505 e. The molecule has 0 unspecified atom stereocenters. The smallest absolute Gasteiger partial charge is 0.165 e. The van der Waals surface area contributed by atoms with Crippen LogP contribution in [0.5, 0.6) is 5.75 Å². The molecule has 0 saturated heterocycles. The second-order valence-corrected chi connectivity index (χ2v) is 4.81. The van der Waals surface area contributed by atoms with E-state index in [1.54, 1.807) is 26.8 Å². The molecule has 0 saturated carbocycles. The van der Waals surface area contributed by atoms with Crippen LogP contribution in [0.1, 0.15) is 31.0 Å². The number of aromatic hydroxyl groups is 1. The Morgan fingerprint density at radius 3 is 2.50 bits per heavy atom. The minimum atomic E-state index is -0.681. The Labute approximate surface area is 94.7 Å². The second-order valence-electron chi connectivity index (χ2n) is 4.81. The summed E-state index contributed by atoms with van der Waals surface area (Å²) in [6, 6.07) is 2.27. The van der Waals surface area contributed by atoms with E-state index in [0.717, 1.165) is 0 Å².